The van der Waals surface area contributed by atoms with Crippen molar-refractivity contribution < 1.29 is 0 Å². The molecule has 0 aromatic rings. The third-order valence-electron chi connectivity index (χ3n) is 2.64. The van der Waals surface area contributed by atoms with Crippen LogP contribution in [0.5, 0.6) is 0 Å². The molecule has 1 N–H and O–H groups in total. The van der Waals surface area contributed by atoms with Gasteiger partial charge in [0.25, 0.3) is 0 Å². The van der Waals surface area contributed by atoms with E-state index in [4.69, 9.17) is 0 Å². The Morgan fingerprint density at radius 1 is 1.14 bits per heavy atom. The van der Waals surface area contributed by atoms with Crippen molar-refractivity contribution in [2.45, 2.75) is 64.2 Å². The van der Waals surface area contributed by atoms with Crippen molar-refractivity contribution in [3.8, 4) is 0 Å². The van der Waals surface area contributed by atoms with Crippen LogP contribution >= 0.6 is 11.8 Å². The highest BCUT2D eigenvalue weighted by molar-refractivity contribution is 7.99. The highest BCUT2D eigenvalue weighted by Gasteiger charge is 2.17. The maximum Gasteiger partial charge on any atom is 0.0225 e. The smallest absolute Gasteiger partial charge is 0.0225 e. The van der Waals surface area contributed by atoms with Crippen LogP contribution in [0.4, 0.5) is 0 Å². The van der Waals surface area contributed by atoms with Crippen LogP contribution in [0.2, 0.25) is 0 Å². The summed E-state index contributed by atoms with van der Waals surface area (Å²) >= 11 is 1.94. The molecule has 0 aliphatic rings. The van der Waals surface area contributed by atoms with E-state index >= 15 is 0 Å². The second-order valence-corrected chi connectivity index (χ2v) is 6.13. The van der Waals surface area contributed by atoms with E-state index in [0.717, 1.165) is 12.6 Å². The Morgan fingerprint density at radius 3 is 2.00 bits per heavy atom. The molecule has 0 aromatic heterocycles. The second kappa shape index (κ2) is 7.58. The summed E-state index contributed by atoms with van der Waals surface area (Å²) in [7, 11) is 0. The van der Waals surface area contributed by atoms with Gasteiger partial charge in [-0.15, -0.1) is 0 Å². The zero-order valence-electron chi connectivity index (χ0n) is 10.5. The van der Waals surface area contributed by atoms with Crippen molar-refractivity contribution >= 4 is 11.8 Å². The summed E-state index contributed by atoms with van der Waals surface area (Å²) in [6.45, 7) is 10.3. The van der Waals surface area contributed by atoms with Gasteiger partial charge >= 0.3 is 0 Å². The first-order valence-electron chi connectivity index (χ1n) is 5.84. The van der Waals surface area contributed by atoms with Crippen molar-refractivity contribution in [2.24, 2.45) is 0 Å². The van der Waals surface area contributed by atoms with Gasteiger partial charge in [-0.1, -0.05) is 26.7 Å². The van der Waals surface area contributed by atoms with Crippen LogP contribution in [0.1, 0.15) is 53.4 Å². The molecule has 0 aromatic carbocycles. The number of nitrogens with one attached hydrogen (secondary N) is 1. The Balaban J connectivity index is 3.80. The summed E-state index contributed by atoms with van der Waals surface area (Å²) in [5.41, 5.74) is 0. The molecule has 0 aliphatic heterocycles. The molecule has 0 unspecified atom stereocenters. The van der Waals surface area contributed by atoms with E-state index in [1.165, 1.54) is 25.7 Å². The Morgan fingerprint density at radius 2 is 1.64 bits per heavy atom. The standard InChI is InChI=1S/C12H27NS/c1-6-8-11(9-7-2)13-10-12(3,4)14-5/h11,13H,6-10H2,1-5H3. The van der Waals surface area contributed by atoms with Gasteiger partial charge in [-0.3, -0.25) is 0 Å². The summed E-state index contributed by atoms with van der Waals surface area (Å²) in [5.74, 6) is 0. The van der Waals surface area contributed by atoms with Crippen LogP contribution in [0, 0.1) is 0 Å². The maximum atomic E-state index is 3.69. The molecule has 0 atom stereocenters. The van der Waals surface area contributed by atoms with Gasteiger partial charge in [0.2, 0.25) is 0 Å². The third-order valence-corrected chi connectivity index (χ3v) is 3.89. The van der Waals surface area contributed by atoms with E-state index in [-0.39, 0.29) is 0 Å². The molecule has 0 spiro atoms. The fraction of sp³-hybridized carbons (Fsp3) is 1.00. The van der Waals surface area contributed by atoms with E-state index < -0.39 is 0 Å². The summed E-state index contributed by atoms with van der Waals surface area (Å²) in [6.07, 6.45) is 7.40. The first kappa shape index (κ1) is 14.3. The van der Waals surface area contributed by atoms with Crippen molar-refractivity contribution in [1.82, 2.24) is 5.32 Å². The molecular formula is C12H27NS. The van der Waals surface area contributed by atoms with Gasteiger partial charge < -0.3 is 5.32 Å². The average molecular weight is 217 g/mol. The molecule has 86 valence electrons. The summed E-state index contributed by atoms with van der Waals surface area (Å²) in [6, 6.07) is 0.733. The Kier molecular flexibility index (Phi) is 7.75. The van der Waals surface area contributed by atoms with Crippen molar-refractivity contribution in [2.75, 3.05) is 12.8 Å². The number of hydrogen-bond acceptors (Lipinski definition) is 2. The topological polar surface area (TPSA) is 12.0 Å². The molecule has 0 saturated carbocycles. The lowest BCUT2D eigenvalue weighted by molar-refractivity contribution is 0.426. The lowest BCUT2D eigenvalue weighted by atomic mass is 10.1. The maximum absolute atomic E-state index is 3.69. The van der Waals surface area contributed by atoms with E-state index in [1.54, 1.807) is 0 Å². The van der Waals surface area contributed by atoms with Gasteiger partial charge in [-0.2, -0.15) is 11.8 Å². The summed E-state index contributed by atoms with van der Waals surface area (Å²) in [4.78, 5) is 0. The number of thioether (sulfide) groups is 1. The van der Waals surface area contributed by atoms with Crippen LogP contribution in [0.25, 0.3) is 0 Å². The molecule has 0 heterocycles. The third kappa shape index (κ3) is 6.72. The predicted molar refractivity (Wildman–Crippen MR) is 69.2 cm³/mol. The highest BCUT2D eigenvalue weighted by Crippen LogP contribution is 2.20. The highest BCUT2D eigenvalue weighted by atomic mass is 32.2. The van der Waals surface area contributed by atoms with Gasteiger partial charge in [-0.25, -0.2) is 0 Å². The minimum absolute atomic E-state index is 0.375. The fourth-order valence-corrected chi connectivity index (χ4v) is 1.74. The van der Waals surface area contributed by atoms with Crippen LogP contribution in [0.15, 0.2) is 0 Å². The molecule has 14 heavy (non-hydrogen) atoms. The molecule has 0 fully saturated rings. The molecule has 0 aliphatic carbocycles. The van der Waals surface area contributed by atoms with E-state index in [9.17, 15) is 0 Å². The Labute approximate surface area is 94.4 Å². The predicted octanol–water partition coefficient (Wildman–Crippen LogP) is 3.69. The molecule has 0 radical (unpaired) electrons. The molecule has 0 saturated heterocycles. The van der Waals surface area contributed by atoms with Crippen molar-refractivity contribution in [3.05, 3.63) is 0 Å². The van der Waals surface area contributed by atoms with Crippen LogP contribution < -0.4 is 5.32 Å². The van der Waals surface area contributed by atoms with Gasteiger partial charge in [0.05, 0.1) is 0 Å². The molecule has 1 nitrogen and oxygen atoms in total. The first-order chi connectivity index (χ1) is 6.55. The molecule has 0 bridgehead atoms. The monoisotopic (exact) mass is 217 g/mol. The Bertz CT molecular complexity index is 128. The van der Waals surface area contributed by atoms with Crippen LogP contribution in [-0.2, 0) is 0 Å². The molecular weight excluding hydrogens is 190 g/mol. The number of rotatable bonds is 8. The van der Waals surface area contributed by atoms with E-state index in [0.29, 0.717) is 4.75 Å². The lowest BCUT2D eigenvalue weighted by Crippen LogP contribution is -2.38. The minimum atomic E-state index is 0.375. The fourth-order valence-electron chi connectivity index (χ4n) is 1.51. The average Bonchev–Trinajstić information content (AvgIpc) is 2.15. The Hall–Kier alpha value is 0.310. The zero-order chi connectivity index (χ0) is 11.0. The molecule has 2 heteroatoms. The number of hydrogen-bond donors (Lipinski definition) is 1. The SMILES string of the molecule is CCCC(CCC)NCC(C)(C)SC. The second-order valence-electron chi connectivity index (χ2n) is 4.62. The van der Waals surface area contributed by atoms with Gasteiger partial charge in [0.1, 0.15) is 0 Å². The largest absolute Gasteiger partial charge is 0.313 e. The minimum Gasteiger partial charge on any atom is -0.313 e. The van der Waals surface area contributed by atoms with Crippen LogP contribution in [0.3, 0.4) is 0 Å². The van der Waals surface area contributed by atoms with E-state index in [2.05, 4.69) is 39.3 Å². The van der Waals surface area contributed by atoms with Gasteiger partial charge in [0, 0.05) is 17.3 Å². The quantitative estimate of drug-likeness (QED) is 0.665. The normalized spacial score (nSPS) is 12.4. The van der Waals surface area contributed by atoms with Gasteiger partial charge in [0.15, 0.2) is 0 Å². The summed E-state index contributed by atoms with van der Waals surface area (Å²) < 4.78 is 0.375. The first-order valence-corrected chi connectivity index (χ1v) is 7.06. The van der Waals surface area contributed by atoms with Gasteiger partial charge in [-0.05, 0) is 32.9 Å². The van der Waals surface area contributed by atoms with Crippen molar-refractivity contribution in [1.29, 1.82) is 0 Å². The zero-order valence-corrected chi connectivity index (χ0v) is 11.3. The lowest BCUT2D eigenvalue weighted by Gasteiger charge is -2.26. The van der Waals surface area contributed by atoms with E-state index in [1.807, 2.05) is 11.8 Å². The van der Waals surface area contributed by atoms with Crippen molar-refractivity contribution in [3.63, 3.8) is 0 Å². The summed E-state index contributed by atoms with van der Waals surface area (Å²) in [5, 5.41) is 3.69. The molecule has 0 rings (SSSR count). The molecule has 0 amide bonds. The van der Waals surface area contributed by atoms with Crippen LogP contribution in [-0.4, -0.2) is 23.6 Å².